The van der Waals surface area contributed by atoms with E-state index in [0.29, 0.717) is 0 Å². The Morgan fingerprint density at radius 2 is 1.76 bits per heavy atom. The quantitative estimate of drug-likeness (QED) is 0.775. The molecular weight excluding hydrogens is 210 g/mol. The third-order valence-corrected chi connectivity index (χ3v) is 2.61. The van der Waals surface area contributed by atoms with Gasteiger partial charge in [-0.1, -0.05) is 24.3 Å². The van der Waals surface area contributed by atoms with E-state index < -0.39 is 0 Å². The molecule has 17 heavy (non-hydrogen) atoms. The minimum atomic E-state index is 0.280. The lowest BCUT2D eigenvalue weighted by molar-refractivity contribution is 0.473. The van der Waals surface area contributed by atoms with Gasteiger partial charge in [-0.25, -0.2) is 0 Å². The molecule has 0 saturated heterocycles. The molecule has 2 nitrogen and oxygen atoms in total. The third-order valence-electron chi connectivity index (χ3n) is 2.61. The largest absolute Gasteiger partial charge is 0.507 e. The summed E-state index contributed by atoms with van der Waals surface area (Å²) >= 11 is 0. The van der Waals surface area contributed by atoms with E-state index >= 15 is 0 Å². The fourth-order valence-electron chi connectivity index (χ4n) is 1.78. The van der Waals surface area contributed by atoms with E-state index in [2.05, 4.69) is 4.99 Å². The summed E-state index contributed by atoms with van der Waals surface area (Å²) in [6.07, 6.45) is 1.71. The summed E-state index contributed by atoms with van der Waals surface area (Å²) < 4.78 is 0. The van der Waals surface area contributed by atoms with Crippen molar-refractivity contribution in [3.63, 3.8) is 0 Å². The van der Waals surface area contributed by atoms with Crippen LogP contribution in [0.4, 0.5) is 5.69 Å². The highest BCUT2D eigenvalue weighted by atomic mass is 16.3. The van der Waals surface area contributed by atoms with Crippen LogP contribution in [0.15, 0.2) is 47.5 Å². The standard InChI is InChI=1S/C15H15NO/c1-11-8-12(2)14(15(17)9-11)10-16-13-6-4-3-5-7-13/h3-10,17H,1-2H3/b16-10+. The van der Waals surface area contributed by atoms with Crippen molar-refractivity contribution in [3.8, 4) is 5.75 Å². The fourth-order valence-corrected chi connectivity index (χ4v) is 1.78. The summed E-state index contributed by atoms with van der Waals surface area (Å²) in [4.78, 5) is 4.34. The SMILES string of the molecule is Cc1cc(C)c(/C=N/c2ccccc2)c(O)c1. The molecule has 0 unspecified atom stereocenters. The smallest absolute Gasteiger partial charge is 0.124 e. The minimum Gasteiger partial charge on any atom is -0.507 e. The average Bonchev–Trinajstić information content (AvgIpc) is 2.29. The van der Waals surface area contributed by atoms with Crippen LogP contribution in [0.2, 0.25) is 0 Å². The van der Waals surface area contributed by atoms with E-state index in [1.54, 1.807) is 12.3 Å². The lowest BCUT2D eigenvalue weighted by atomic mass is 10.1. The molecule has 1 N–H and O–H groups in total. The molecule has 0 fully saturated rings. The molecule has 0 saturated carbocycles. The maximum atomic E-state index is 9.86. The Kier molecular flexibility index (Phi) is 3.24. The number of aromatic hydroxyl groups is 1. The summed E-state index contributed by atoms with van der Waals surface area (Å²) in [5, 5.41) is 9.86. The fraction of sp³-hybridized carbons (Fsp3) is 0.133. The van der Waals surface area contributed by atoms with Crippen LogP contribution in [-0.4, -0.2) is 11.3 Å². The van der Waals surface area contributed by atoms with Crippen LogP contribution in [0.3, 0.4) is 0 Å². The zero-order chi connectivity index (χ0) is 12.3. The van der Waals surface area contributed by atoms with Crippen LogP contribution in [-0.2, 0) is 0 Å². The van der Waals surface area contributed by atoms with Gasteiger partial charge < -0.3 is 5.11 Å². The molecule has 0 aliphatic carbocycles. The van der Waals surface area contributed by atoms with Gasteiger partial charge in [0.15, 0.2) is 0 Å². The van der Waals surface area contributed by atoms with E-state index in [0.717, 1.165) is 22.4 Å². The summed E-state index contributed by atoms with van der Waals surface area (Å²) in [7, 11) is 0. The van der Waals surface area contributed by atoms with Crippen molar-refractivity contribution < 1.29 is 5.11 Å². The number of phenolic OH excluding ortho intramolecular Hbond substituents is 1. The van der Waals surface area contributed by atoms with Crippen molar-refractivity contribution in [2.75, 3.05) is 0 Å². The highest BCUT2D eigenvalue weighted by molar-refractivity contribution is 5.87. The van der Waals surface area contributed by atoms with Crippen LogP contribution >= 0.6 is 0 Å². The van der Waals surface area contributed by atoms with Crippen molar-refractivity contribution in [1.29, 1.82) is 0 Å². The number of para-hydroxylation sites is 1. The van der Waals surface area contributed by atoms with Crippen molar-refractivity contribution in [2.45, 2.75) is 13.8 Å². The molecule has 0 bridgehead atoms. The van der Waals surface area contributed by atoms with Gasteiger partial charge in [0.25, 0.3) is 0 Å². The maximum Gasteiger partial charge on any atom is 0.124 e. The number of aliphatic imine (C=N–C) groups is 1. The first-order valence-electron chi connectivity index (χ1n) is 5.56. The topological polar surface area (TPSA) is 32.6 Å². The van der Waals surface area contributed by atoms with Gasteiger partial charge in [0.1, 0.15) is 5.75 Å². The predicted molar refractivity (Wildman–Crippen MR) is 71.3 cm³/mol. The molecule has 2 aromatic carbocycles. The van der Waals surface area contributed by atoms with Gasteiger partial charge in [-0.05, 0) is 43.2 Å². The highest BCUT2D eigenvalue weighted by Crippen LogP contribution is 2.22. The molecule has 0 aliphatic rings. The monoisotopic (exact) mass is 225 g/mol. The predicted octanol–water partition coefficient (Wildman–Crippen LogP) is 3.76. The van der Waals surface area contributed by atoms with E-state index in [9.17, 15) is 5.11 Å². The normalized spacial score (nSPS) is 10.9. The first-order chi connectivity index (χ1) is 8.16. The molecule has 2 aromatic rings. The lowest BCUT2D eigenvalue weighted by Crippen LogP contribution is -1.89. The Balaban J connectivity index is 2.34. The van der Waals surface area contributed by atoms with Crippen molar-refractivity contribution in [2.24, 2.45) is 4.99 Å². The van der Waals surface area contributed by atoms with E-state index in [1.807, 2.05) is 50.2 Å². The van der Waals surface area contributed by atoms with Gasteiger partial charge in [0.05, 0.1) is 5.69 Å². The Morgan fingerprint density at radius 3 is 2.41 bits per heavy atom. The van der Waals surface area contributed by atoms with Gasteiger partial charge in [-0.2, -0.15) is 0 Å². The van der Waals surface area contributed by atoms with Crippen LogP contribution in [0.25, 0.3) is 0 Å². The van der Waals surface area contributed by atoms with E-state index in [4.69, 9.17) is 0 Å². The number of benzene rings is 2. The van der Waals surface area contributed by atoms with Crippen LogP contribution in [0.1, 0.15) is 16.7 Å². The maximum absolute atomic E-state index is 9.86. The van der Waals surface area contributed by atoms with Gasteiger partial charge in [0, 0.05) is 11.8 Å². The first kappa shape index (κ1) is 11.4. The number of rotatable bonds is 2. The molecule has 0 aromatic heterocycles. The second kappa shape index (κ2) is 4.83. The third kappa shape index (κ3) is 2.72. The van der Waals surface area contributed by atoms with Crippen LogP contribution in [0.5, 0.6) is 5.75 Å². The average molecular weight is 225 g/mol. The molecule has 0 heterocycles. The van der Waals surface area contributed by atoms with E-state index in [1.165, 1.54) is 0 Å². The molecular formula is C15H15NO. The summed E-state index contributed by atoms with van der Waals surface area (Å²) in [5.41, 5.74) is 3.74. The number of phenols is 1. The number of hydrogen-bond acceptors (Lipinski definition) is 2. The molecule has 0 spiro atoms. The molecule has 2 heteroatoms. The number of aryl methyl sites for hydroxylation is 2. The Hall–Kier alpha value is -2.09. The van der Waals surface area contributed by atoms with E-state index in [-0.39, 0.29) is 5.75 Å². The highest BCUT2D eigenvalue weighted by Gasteiger charge is 2.03. The van der Waals surface area contributed by atoms with Gasteiger partial charge in [0.2, 0.25) is 0 Å². The second-order valence-corrected chi connectivity index (χ2v) is 4.11. The Labute approximate surface area is 101 Å². The lowest BCUT2D eigenvalue weighted by Gasteiger charge is -2.04. The summed E-state index contributed by atoms with van der Waals surface area (Å²) in [5.74, 6) is 0.280. The Bertz CT molecular complexity index is 521. The summed E-state index contributed by atoms with van der Waals surface area (Å²) in [6, 6.07) is 13.5. The van der Waals surface area contributed by atoms with Crippen molar-refractivity contribution in [1.82, 2.24) is 0 Å². The second-order valence-electron chi connectivity index (χ2n) is 4.11. The van der Waals surface area contributed by atoms with Crippen LogP contribution < -0.4 is 0 Å². The zero-order valence-corrected chi connectivity index (χ0v) is 10.0. The molecule has 0 radical (unpaired) electrons. The first-order valence-corrected chi connectivity index (χ1v) is 5.56. The molecule has 86 valence electrons. The zero-order valence-electron chi connectivity index (χ0n) is 10.0. The van der Waals surface area contributed by atoms with Crippen LogP contribution in [0, 0.1) is 13.8 Å². The number of nitrogens with zero attached hydrogens (tertiary/aromatic N) is 1. The minimum absolute atomic E-state index is 0.280. The van der Waals surface area contributed by atoms with Gasteiger partial charge >= 0.3 is 0 Å². The summed E-state index contributed by atoms with van der Waals surface area (Å²) in [6.45, 7) is 3.93. The van der Waals surface area contributed by atoms with Gasteiger partial charge in [-0.3, -0.25) is 4.99 Å². The van der Waals surface area contributed by atoms with Crippen molar-refractivity contribution in [3.05, 3.63) is 59.2 Å². The molecule has 0 amide bonds. The number of hydrogen-bond donors (Lipinski definition) is 1. The molecule has 2 rings (SSSR count). The van der Waals surface area contributed by atoms with Gasteiger partial charge in [-0.15, -0.1) is 0 Å². The molecule has 0 atom stereocenters. The van der Waals surface area contributed by atoms with Crippen molar-refractivity contribution >= 4 is 11.9 Å². The Morgan fingerprint density at radius 1 is 1.06 bits per heavy atom. The molecule has 0 aliphatic heterocycles.